The maximum atomic E-state index is 11.3. The zero-order valence-corrected chi connectivity index (χ0v) is 13.3. The summed E-state index contributed by atoms with van der Waals surface area (Å²) in [5.41, 5.74) is 0.888. The molecular formula is C15H17N3O3S. The number of carbonyl (C=O) groups is 1. The number of hydrogen-bond acceptors (Lipinski definition) is 6. The quantitative estimate of drug-likeness (QED) is 0.443. The van der Waals surface area contributed by atoms with E-state index in [1.54, 1.807) is 13.2 Å². The van der Waals surface area contributed by atoms with E-state index in [1.807, 2.05) is 28.8 Å². The molecule has 0 saturated heterocycles. The van der Waals surface area contributed by atoms with E-state index in [1.165, 1.54) is 18.9 Å². The molecule has 0 N–H and O–H groups in total. The summed E-state index contributed by atoms with van der Waals surface area (Å²) >= 11 is 1.28. The molecule has 1 heterocycles. The Labute approximate surface area is 133 Å². The van der Waals surface area contributed by atoms with Gasteiger partial charge in [-0.15, -0.1) is 16.8 Å². The van der Waals surface area contributed by atoms with Gasteiger partial charge in [0.15, 0.2) is 11.0 Å². The Bertz CT molecular complexity index is 670. The average molecular weight is 319 g/mol. The van der Waals surface area contributed by atoms with Gasteiger partial charge in [-0.1, -0.05) is 30.0 Å². The Morgan fingerprint density at radius 3 is 2.91 bits per heavy atom. The highest BCUT2D eigenvalue weighted by atomic mass is 32.2. The number of hydrogen-bond donors (Lipinski definition) is 0. The molecule has 1 aromatic carbocycles. The van der Waals surface area contributed by atoms with Crippen molar-refractivity contribution in [3.63, 3.8) is 0 Å². The zero-order valence-electron chi connectivity index (χ0n) is 12.5. The lowest BCUT2D eigenvalue weighted by molar-refractivity contribution is -0.137. The van der Waals surface area contributed by atoms with Crippen LogP contribution in [-0.4, -0.2) is 40.7 Å². The van der Waals surface area contributed by atoms with Gasteiger partial charge in [0.25, 0.3) is 0 Å². The van der Waals surface area contributed by atoms with Gasteiger partial charge in [0, 0.05) is 12.1 Å². The number of aromatic nitrogens is 3. The second kappa shape index (κ2) is 7.65. The largest absolute Gasteiger partial charge is 0.497 e. The minimum atomic E-state index is -0.305. The number of methoxy groups -OCH3 is 2. The van der Waals surface area contributed by atoms with Crippen LogP contribution in [0.4, 0.5) is 0 Å². The minimum Gasteiger partial charge on any atom is -0.497 e. The van der Waals surface area contributed by atoms with Gasteiger partial charge in [0.05, 0.1) is 20.0 Å². The van der Waals surface area contributed by atoms with E-state index in [4.69, 9.17) is 4.74 Å². The molecule has 22 heavy (non-hydrogen) atoms. The van der Waals surface area contributed by atoms with Gasteiger partial charge in [0.2, 0.25) is 0 Å². The van der Waals surface area contributed by atoms with Crippen molar-refractivity contribution in [2.24, 2.45) is 0 Å². The number of thioether (sulfide) groups is 1. The first-order chi connectivity index (χ1) is 10.7. The highest BCUT2D eigenvalue weighted by molar-refractivity contribution is 7.99. The molecule has 0 aliphatic carbocycles. The maximum Gasteiger partial charge on any atom is 0.316 e. The fourth-order valence-corrected chi connectivity index (χ4v) is 2.63. The van der Waals surface area contributed by atoms with Crippen LogP contribution in [0.5, 0.6) is 5.75 Å². The molecule has 0 aliphatic rings. The topological polar surface area (TPSA) is 66.2 Å². The van der Waals surface area contributed by atoms with Crippen molar-refractivity contribution in [2.45, 2.75) is 11.7 Å². The molecule has 0 fully saturated rings. The van der Waals surface area contributed by atoms with E-state index in [-0.39, 0.29) is 11.7 Å². The molecule has 7 heteroatoms. The van der Waals surface area contributed by atoms with E-state index < -0.39 is 0 Å². The molecule has 0 unspecified atom stereocenters. The molecule has 0 spiro atoms. The number of ether oxygens (including phenoxy) is 2. The van der Waals surface area contributed by atoms with Crippen LogP contribution in [-0.2, 0) is 16.1 Å². The monoisotopic (exact) mass is 319 g/mol. The summed E-state index contributed by atoms with van der Waals surface area (Å²) in [5, 5.41) is 9.02. The molecule has 0 saturated carbocycles. The Kier molecular flexibility index (Phi) is 5.60. The van der Waals surface area contributed by atoms with Crippen molar-refractivity contribution in [3.05, 3.63) is 36.9 Å². The van der Waals surface area contributed by atoms with Gasteiger partial charge in [-0.2, -0.15) is 0 Å². The van der Waals surface area contributed by atoms with Gasteiger partial charge < -0.3 is 9.47 Å². The fourth-order valence-electron chi connectivity index (χ4n) is 1.85. The molecule has 6 nitrogen and oxygen atoms in total. The lowest BCUT2D eigenvalue weighted by atomic mass is 10.2. The molecule has 0 aliphatic heterocycles. The summed E-state index contributed by atoms with van der Waals surface area (Å²) in [6, 6.07) is 7.58. The molecule has 2 rings (SSSR count). The number of allylic oxidation sites excluding steroid dienone is 1. The first-order valence-corrected chi connectivity index (χ1v) is 7.56. The third-order valence-electron chi connectivity index (χ3n) is 2.90. The normalized spacial score (nSPS) is 10.3. The van der Waals surface area contributed by atoms with Crippen molar-refractivity contribution in [3.8, 4) is 17.1 Å². The minimum absolute atomic E-state index is 0.184. The molecule has 2 aromatic rings. The van der Waals surface area contributed by atoms with E-state index in [9.17, 15) is 4.79 Å². The first-order valence-electron chi connectivity index (χ1n) is 6.57. The predicted octanol–water partition coefficient (Wildman–Crippen LogP) is 2.40. The number of carbonyl (C=O) groups excluding carboxylic acids is 1. The molecule has 0 amide bonds. The second-order valence-corrected chi connectivity index (χ2v) is 5.24. The molecule has 116 valence electrons. The van der Waals surface area contributed by atoms with Crippen LogP contribution in [0, 0.1) is 0 Å². The second-order valence-electron chi connectivity index (χ2n) is 4.30. The van der Waals surface area contributed by atoms with Gasteiger partial charge in [-0.25, -0.2) is 0 Å². The van der Waals surface area contributed by atoms with Crippen LogP contribution < -0.4 is 4.74 Å². The van der Waals surface area contributed by atoms with Gasteiger partial charge in [-0.3, -0.25) is 9.36 Å². The van der Waals surface area contributed by atoms with Crippen LogP contribution in [0.3, 0.4) is 0 Å². The van der Waals surface area contributed by atoms with Crippen molar-refractivity contribution in [2.75, 3.05) is 20.0 Å². The number of benzene rings is 1. The summed E-state index contributed by atoms with van der Waals surface area (Å²) < 4.78 is 11.8. The average Bonchev–Trinajstić information content (AvgIpc) is 2.96. The third kappa shape index (κ3) is 3.67. The van der Waals surface area contributed by atoms with E-state index in [2.05, 4.69) is 21.5 Å². The molecule has 1 aromatic heterocycles. The number of nitrogens with zero attached hydrogens (tertiary/aromatic N) is 3. The van der Waals surface area contributed by atoms with E-state index in [0.29, 0.717) is 17.5 Å². The summed E-state index contributed by atoms with van der Waals surface area (Å²) in [5.74, 6) is 1.32. The van der Waals surface area contributed by atoms with Crippen molar-refractivity contribution in [1.82, 2.24) is 14.8 Å². The summed E-state index contributed by atoms with van der Waals surface area (Å²) in [6.07, 6.45) is 1.76. The van der Waals surface area contributed by atoms with Crippen LogP contribution in [0.25, 0.3) is 11.4 Å². The lowest BCUT2D eigenvalue weighted by Crippen LogP contribution is -2.06. The highest BCUT2D eigenvalue weighted by Crippen LogP contribution is 2.26. The van der Waals surface area contributed by atoms with Gasteiger partial charge >= 0.3 is 5.97 Å². The Hall–Kier alpha value is -2.28. The highest BCUT2D eigenvalue weighted by Gasteiger charge is 2.15. The van der Waals surface area contributed by atoms with Crippen molar-refractivity contribution >= 4 is 17.7 Å². The number of rotatable bonds is 7. The van der Waals surface area contributed by atoms with Gasteiger partial charge in [-0.05, 0) is 12.1 Å². The van der Waals surface area contributed by atoms with Crippen molar-refractivity contribution in [1.29, 1.82) is 0 Å². The van der Waals surface area contributed by atoms with Gasteiger partial charge in [0.1, 0.15) is 5.75 Å². The van der Waals surface area contributed by atoms with Crippen molar-refractivity contribution < 1.29 is 14.3 Å². The standard InChI is InChI=1S/C15H17N3O3S/c1-4-8-18-14(11-6-5-7-12(9-11)20-2)16-17-15(18)22-10-13(19)21-3/h4-7,9H,1,8,10H2,2-3H3. The SMILES string of the molecule is C=CCn1c(SCC(=O)OC)nnc1-c1cccc(OC)c1. The molecule has 0 radical (unpaired) electrons. The summed E-state index contributed by atoms with van der Waals surface area (Å²) in [6.45, 7) is 4.30. The fraction of sp³-hybridized carbons (Fsp3) is 0.267. The molecule has 0 atom stereocenters. The molecule has 0 bridgehead atoms. The van der Waals surface area contributed by atoms with E-state index in [0.717, 1.165) is 11.3 Å². The van der Waals surface area contributed by atoms with Crippen LogP contribution in [0.1, 0.15) is 0 Å². The predicted molar refractivity (Wildman–Crippen MR) is 84.9 cm³/mol. The third-order valence-corrected chi connectivity index (χ3v) is 3.84. The number of esters is 1. The Morgan fingerprint density at radius 1 is 1.41 bits per heavy atom. The maximum absolute atomic E-state index is 11.3. The van der Waals surface area contributed by atoms with Crippen LogP contribution in [0.2, 0.25) is 0 Å². The zero-order chi connectivity index (χ0) is 15.9. The smallest absolute Gasteiger partial charge is 0.316 e. The van der Waals surface area contributed by atoms with E-state index >= 15 is 0 Å². The van der Waals surface area contributed by atoms with Crippen LogP contribution >= 0.6 is 11.8 Å². The first kappa shape index (κ1) is 16.1. The molecular weight excluding hydrogens is 302 g/mol. The lowest BCUT2D eigenvalue weighted by Gasteiger charge is -2.08. The Balaban J connectivity index is 2.32. The van der Waals surface area contributed by atoms with Crippen LogP contribution in [0.15, 0.2) is 42.1 Å². The summed E-state index contributed by atoms with van der Waals surface area (Å²) in [4.78, 5) is 11.3. The Morgan fingerprint density at radius 2 is 2.23 bits per heavy atom. The summed E-state index contributed by atoms with van der Waals surface area (Å²) in [7, 11) is 2.98.